The van der Waals surface area contributed by atoms with Crippen molar-refractivity contribution in [2.45, 2.75) is 32.2 Å². The minimum Gasteiger partial charge on any atom is -0.508 e. The van der Waals surface area contributed by atoms with Gasteiger partial charge >= 0.3 is 0 Å². The summed E-state index contributed by atoms with van der Waals surface area (Å²) in [6.07, 6.45) is 3.92. The first-order valence-corrected chi connectivity index (χ1v) is 12.7. The molecule has 1 N–H and O–H groups in total. The quantitative estimate of drug-likeness (QED) is 0.365. The Hall–Kier alpha value is -3.77. The molecule has 6 rings (SSSR count). The van der Waals surface area contributed by atoms with Gasteiger partial charge in [-0.05, 0) is 55.0 Å². The molecule has 4 atom stereocenters. The first kappa shape index (κ1) is 23.6. The number of likely N-dealkylation sites (tertiary alicyclic amines) is 1. The average Bonchev–Trinajstić information content (AvgIpc) is 3.12. The van der Waals surface area contributed by atoms with Gasteiger partial charge in [-0.25, -0.2) is 0 Å². The van der Waals surface area contributed by atoms with Crippen molar-refractivity contribution in [1.82, 2.24) is 4.90 Å². The summed E-state index contributed by atoms with van der Waals surface area (Å²) < 4.78 is 0. The number of ketones is 2. The highest BCUT2D eigenvalue weighted by molar-refractivity contribution is 6.32. The highest BCUT2D eigenvalue weighted by Crippen LogP contribution is 2.56. The summed E-state index contributed by atoms with van der Waals surface area (Å²) in [7, 11) is 0. The molecule has 0 radical (unpaired) electrons. The number of aromatic hydroxyl groups is 1. The van der Waals surface area contributed by atoms with Crippen LogP contribution in [0.5, 0.6) is 5.75 Å². The Morgan fingerprint density at radius 3 is 2.49 bits per heavy atom. The van der Waals surface area contributed by atoms with E-state index in [1.807, 2.05) is 36.4 Å². The molecule has 186 valence electrons. The number of phenols is 1. The van der Waals surface area contributed by atoms with Crippen LogP contribution in [0.2, 0.25) is 5.02 Å². The molecule has 1 fully saturated rings. The van der Waals surface area contributed by atoms with E-state index in [-0.39, 0.29) is 47.1 Å². The molecule has 3 aliphatic carbocycles. The summed E-state index contributed by atoms with van der Waals surface area (Å²) in [5.74, 6) is -3.07. The molecule has 2 amide bonds. The molecule has 1 saturated heterocycles. The molecule has 0 aromatic heterocycles. The van der Waals surface area contributed by atoms with Crippen LogP contribution >= 0.6 is 11.6 Å². The van der Waals surface area contributed by atoms with Gasteiger partial charge in [-0.3, -0.25) is 24.1 Å². The predicted octanol–water partition coefficient (Wildman–Crippen LogP) is 4.68. The van der Waals surface area contributed by atoms with Crippen molar-refractivity contribution in [2.75, 3.05) is 0 Å². The molecule has 1 aliphatic heterocycles. The number of hydrogen-bond acceptors (Lipinski definition) is 5. The number of Topliss-reactive ketones (excluding diaryl/α,β-unsaturated/α-hetero) is 1. The van der Waals surface area contributed by atoms with Gasteiger partial charge in [0.1, 0.15) is 5.75 Å². The van der Waals surface area contributed by atoms with Crippen LogP contribution in [-0.4, -0.2) is 33.4 Å². The van der Waals surface area contributed by atoms with Crippen molar-refractivity contribution < 1.29 is 24.3 Å². The van der Waals surface area contributed by atoms with E-state index in [0.29, 0.717) is 28.7 Å². The molecular formula is C30H24ClNO5. The zero-order valence-electron chi connectivity index (χ0n) is 20.1. The summed E-state index contributed by atoms with van der Waals surface area (Å²) in [6, 6.07) is 14.0. The number of nitrogens with zero attached hydrogens (tertiary/aromatic N) is 1. The van der Waals surface area contributed by atoms with Crippen LogP contribution in [-0.2, 0) is 25.7 Å². The van der Waals surface area contributed by atoms with Crippen LogP contribution in [0, 0.1) is 17.8 Å². The maximum Gasteiger partial charge on any atom is 0.234 e. The standard InChI is InChI=1S/C30H24ClNO5/c1-15-11-24(34)22-13-21-18(25(27(22)28(15)35)19-8-7-17(33)12-23(19)31)9-10-20-26(21)30(37)32(29(20)36)14-16-5-3-2-4-6-16/h2-9,11-12,20-21,25-26,33H,10,13-14H2,1H3/t20-,21+,25+,26-/m0/s1. The number of halogens is 1. The number of fused-ring (bicyclic) bond motifs is 3. The molecule has 6 nitrogen and oxygen atoms in total. The molecule has 0 bridgehead atoms. The highest BCUT2D eigenvalue weighted by Gasteiger charge is 2.56. The molecule has 2 aromatic rings. The molecule has 4 aliphatic rings. The van der Waals surface area contributed by atoms with E-state index in [1.165, 1.54) is 23.1 Å². The Kier molecular flexibility index (Phi) is 5.53. The van der Waals surface area contributed by atoms with Crippen LogP contribution in [0.15, 0.2) is 83.0 Å². The molecule has 7 heteroatoms. The minimum atomic E-state index is -0.631. The normalized spacial score (nSPS) is 27.0. The molecular weight excluding hydrogens is 490 g/mol. The van der Waals surface area contributed by atoms with Crippen LogP contribution in [0.4, 0.5) is 0 Å². The first-order valence-electron chi connectivity index (χ1n) is 12.3. The number of hydrogen-bond donors (Lipinski definition) is 1. The zero-order valence-corrected chi connectivity index (χ0v) is 20.9. The highest BCUT2D eigenvalue weighted by atomic mass is 35.5. The number of rotatable bonds is 3. The van der Waals surface area contributed by atoms with E-state index in [4.69, 9.17) is 11.6 Å². The maximum absolute atomic E-state index is 13.8. The summed E-state index contributed by atoms with van der Waals surface area (Å²) in [4.78, 5) is 55.1. The predicted molar refractivity (Wildman–Crippen MR) is 136 cm³/mol. The summed E-state index contributed by atoms with van der Waals surface area (Å²) in [5, 5.41) is 10.2. The lowest BCUT2D eigenvalue weighted by Crippen LogP contribution is -2.39. The molecule has 2 aromatic carbocycles. The lowest BCUT2D eigenvalue weighted by atomic mass is 9.59. The van der Waals surface area contributed by atoms with Gasteiger partial charge in [0.25, 0.3) is 0 Å². The van der Waals surface area contributed by atoms with E-state index < -0.39 is 23.7 Å². The van der Waals surface area contributed by atoms with Crippen molar-refractivity contribution in [3.05, 3.63) is 99.1 Å². The summed E-state index contributed by atoms with van der Waals surface area (Å²) in [5.41, 5.74) is 3.43. The summed E-state index contributed by atoms with van der Waals surface area (Å²) in [6.45, 7) is 1.82. The topological polar surface area (TPSA) is 91.8 Å². The fraction of sp³-hybridized carbons (Fsp3) is 0.267. The van der Waals surface area contributed by atoms with E-state index in [1.54, 1.807) is 13.0 Å². The van der Waals surface area contributed by atoms with Gasteiger partial charge < -0.3 is 5.11 Å². The van der Waals surface area contributed by atoms with E-state index >= 15 is 0 Å². The van der Waals surface area contributed by atoms with Crippen molar-refractivity contribution in [1.29, 1.82) is 0 Å². The Morgan fingerprint density at radius 1 is 1.00 bits per heavy atom. The molecule has 0 saturated carbocycles. The van der Waals surface area contributed by atoms with Gasteiger partial charge in [0.15, 0.2) is 11.6 Å². The molecule has 1 heterocycles. The fourth-order valence-electron chi connectivity index (χ4n) is 6.45. The Morgan fingerprint density at radius 2 is 1.76 bits per heavy atom. The lowest BCUT2D eigenvalue weighted by molar-refractivity contribution is -0.140. The number of benzene rings is 2. The Labute approximate surface area is 218 Å². The smallest absolute Gasteiger partial charge is 0.234 e. The molecule has 0 unspecified atom stereocenters. The number of imide groups is 1. The third kappa shape index (κ3) is 3.62. The van der Waals surface area contributed by atoms with Crippen LogP contribution < -0.4 is 0 Å². The van der Waals surface area contributed by atoms with E-state index in [2.05, 4.69) is 0 Å². The van der Waals surface area contributed by atoms with Crippen molar-refractivity contribution >= 4 is 35.0 Å². The number of amides is 2. The monoisotopic (exact) mass is 513 g/mol. The van der Waals surface area contributed by atoms with E-state index in [9.17, 15) is 24.3 Å². The minimum absolute atomic E-state index is 0.0109. The summed E-state index contributed by atoms with van der Waals surface area (Å²) >= 11 is 6.57. The zero-order chi connectivity index (χ0) is 26.0. The number of carbonyl (C=O) groups excluding carboxylic acids is 4. The lowest BCUT2D eigenvalue weighted by Gasteiger charge is -2.42. The maximum atomic E-state index is 13.8. The number of carbonyl (C=O) groups is 4. The van der Waals surface area contributed by atoms with Crippen molar-refractivity contribution in [3.63, 3.8) is 0 Å². The van der Waals surface area contributed by atoms with Crippen molar-refractivity contribution in [3.8, 4) is 5.75 Å². The van der Waals surface area contributed by atoms with Crippen LogP contribution in [0.25, 0.3) is 0 Å². The van der Waals surface area contributed by atoms with Gasteiger partial charge in [-0.15, -0.1) is 0 Å². The van der Waals surface area contributed by atoms with Gasteiger partial charge in [0.2, 0.25) is 11.8 Å². The second-order valence-corrected chi connectivity index (χ2v) is 10.6. The molecule has 37 heavy (non-hydrogen) atoms. The van der Waals surface area contributed by atoms with Gasteiger partial charge in [0.05, 0.1) is 18.4 Å². The van der Waals surface area contributed by atoms with Gasteiger partial charge in [0, 0.05) is 27.7 Å². The van der Waals surface area contributed by atoms with E-state index in [0.717, 1.165) is 11.1 Å². The Bertz CT molecular complexity index is 1480. The third-order valence-electron chi connectivity index (χ3n) is 8.13. The molecule has 0 spiro atoms. The first-order chi connectivity index (χ1) is 17.8. The van der Waals surface area contributed by atoms with Gasteiger partial charge in [-0.2, -0.15) is 0 Å². The van der Waals surface area contributed by atoms with Crippen LogP contribution in [0.3, 0.4) is 0 Å². The number of allylic oxidation sites excluding steroid dienone is 6. The number of phenolic OH excluding ortho intramolecular Hbond substituents is 1. The van der Waals surface area contributed by atoms with Crippen molar-refractivity contribution in [2.24, 2.45) is 17.8 Å². The average molecular weight is 514 g/mol. The fourth-order valence-corrected chi connectivity index (χ4v) is 6.74. The second-order valence-electron chi connectivity index (χ2n) is 10.2. The third-order valence-corrected chi connectivity index (χ3v) is 8.46. The second kappa shape index (κ2) is 8.67. The SMILES string of the molecule is CC1=CC(=O)C2=C(C1=O)[C@@H](c1ccc(O)cc1Cl)C1=CC[C@@H]3C(=O)N(Cc4ccccc4)C(=O)[C@@H]3[C@@H]1C2. The van der Waals surface area contributed by atoms with Gasteiger partial charge in [-0.1, -0.05) is 59.6 Å². The Balaban J connectivity index is 1.46. The largest absolute Gasteiger partial charge is 0.508 e. The van der Waals surface area contributed by atoms with Crippen LogP contribution in [0.1, 0.15) is 36.8 Å².